The Labute approximate surface area is 108 Å². The molecule has 98 valence electrons. The topological polar surface area (TPSA) is 29.1 Å². The minimum Gasteiger partial charge on any atom is -0.350 e. The van der Waals surface area contributed by atoms with Gasteiger partial charge in [-0.15, -0.1) is 0 Å². The molecule has 1 fully saturated rings. The molecule has 0 bridgehead atoms. The van der Waals surface area contributed by atoms with Crippen LogP contribution in [0.2, 0.25) is 0 Å². The quantitative estimate of drug-likeness (QED) is 0.876. The summed E-state index contributed by atoms with van der Waals surface area (Å²) in [4.78, 5) is 11.5. The lowest BCUT2D eigenvalue weighted by atomic mass is 9.79. The lowest BCUT2D eigenvalue weighted by molar-refractivity contribution is -0.120. The summed E-state index contributed by atoms with van der Waals surface area (Å²) in [5.74, 6) is 0.324. The van der Waals surface area contributed by atoms with E-state index in [2.05, 4.69) is 19.2 Å². The van der Waals surface area contributed by atoms with Crippen LogP contribution in [0.3, 0.4) is 0 Å². The summed E-state index contributed by atoms with van der Waals surface area (Å²) in [6.07, 6.45) is 2.23. The maximum Gasteiger partial charge on any atom is 0.220 e. The lowest BCUT2D eigenvalue weighted by Gasteiger charge is -2.33. The van der Waals surface area contributed by atoms with E-state index in [-0.39, 0.29) is 17.3 Å². The molecule has 3 heteroatoms. The van der Waals surface area contributed by atoms with Crippen molar-refractivity contribution in [3.05, 3.63) is 35.1 Å². The van der Waals surface area contributed by atoms with Crippen molar-refractivity contribution in [3.8, 4) is 0 Å². The molecule has 1 N–H and O–H groups in total. The van der Waals surface area contributed by atoms with Gasteiger partial charge in [-0.3, -0.25) is 4.79 Å². The Morgan fingerprint density at radius 2 is 2.17 bits per heavy atom. The summed E-state index contributed by atoms with van der Waals surface area (Å²) >= 11 is 0. The highest BCUT2D eigenvalue weighted by atomic mass is 19.1. The van der Waals surface area contributed by atoms with Gasteiger partial charge in [0.25, 0.3) is 0 Å². The molecule has 0 aromatic heterocycles. The van der Waals surface area contributed by atoms with E-state index < -0.39 is 0 Å². The molecule has 0 aliphatic carbocycles. The van der Waals surface area contributed by atoms with Crippen LogP contribution in [0.25, 0.3) is 0 Å². The Kier molecular flexibility index (Phi) is 3.42. The first kappa shape index (κ1) is 13.1. The van der Waals surface area contributed by atoms with Crippen molar-refractivity contribution in [2.75, 3.05) is 0 Å². The number of halogens is 1. The monoisotopic (exact) mass is 249 g/mol. The molecule has 1 heterocycles. The largest absolute Gasteiger partial charge is 0.350 e. The molecule has 1 saturated heterocycles. The Balaban J connectivity index is 2.24. The van der Waals surface area contributed by atoms with Crippen LogP contribution in [0.15, 0.2) is 18.2 Å². The smallest absolute Gasteiger partial charge is 0.220 e. The summed E-state index contributed by atoms with van der Waals surface area (Å²) < 4.78 is 13.3. The van der Waals surface area contributed by atoms with Gasteiger partial charge in [0.1, 0.15) is 5.82 Å². The highest BCUT2D eigenvalue weighted by Gasteiger charge is 2.40. The molecule has 2 rings (SSSR count). The minimum atomic E-state index is -0.173. The third-order valence-corrected chi connectivity index (χ3v) is 4.03. The predicted molar refractivity (Wildman–Crippen MR) is 69.8 cm³/mol. The third kappa shape index (κ3) is 2.40. The third-order valence-electron chi connectivity index (χ3n) is 4.03. The molecule has 0 spiro atoms. The van der Waals surface area contributed by atoms with Crippen LogP contribution in [-0.4, -0.2) is 11.4 Å². The molecule has 1 atom stereocenters. The number of amides is 1. The van der Waals surface area contributed by atoms with Gasteiger partial charge in [0.05, 0.1) is 0 Å². The highest BCUT2D eigenvalue weighted by Crippen LogP contribution is 2.32. The molecular weight excluding hydrogens is 229 g/mol. The molecule has 1 unspecified atom stereocenters. The Hall–Kier alpha value is -1.38. The summed E-state index contributed by atoms with van der Waals surface area (Å²) in [6.45, 7) is 6.03. The highest BCUT2D eigenvalue weighted by molar-refractivity contribution is 5.79. The molecule has 0 saturated carbocycles. The van der Waals surface area contributed by atoms with E-state index in [1.54, 1.807) is 6.92 Å². The number of nitrogens with one attached hydrogen (secondary N) is 1. The van der Waals surface area contributed by atoms with Crippen LogP contribution in [0.1, 0.15) is 37.8 Å². The molecule has 1 amide bonds. The van der Waals surface area contributed by atoms with Gasteiger partial charge in [-0.25, -0.2) is 4.39 Å². The molecule has 1 aliphatic heterocycles. The van der Waals surface area contributed by atoms with E-state index in [1.807, 2.05) is 12.1 Å². The number of carbonyl (C=O) groups is 1. The van der Waals surface area contributed by atoms with Crippen molar-refractivity contribution in [1.82, 2.24) is 5.32 Å². The molecule has 18 heavy (non-hydrogen) atoms. The summed E-state index contributed by atoms with van der Waals surface area (Å²) in [6, 6.07) is 5.20. The zero-order chi connectivity index (χ0) is 13.3. The second kappa shape index (κ2) is 4.71. The molecule has 1 aromatic carbocycles. The SMILES string of the molecule is Cc1cc(CC2(C(C)C)CCC(=O)N2)ccc1F. The number of aryl methyl sites for hydroxylation is 1. The van der Waals surface area contributed by atoms with Gasteiger partial charge in [0.2, 0.25) is 5.91 Å². The Morgan fingerprint density at radius 3 is 2.67 bits per heavy atom. The van der Waals surface area contributed by atoms with Crippen molar-refractivity contribution in [2.45, 2.75) is 45.6 Å². The first-order chi connectivity index (χ1) is 8.43. The van der Waals surface area contributed by atoms with Gasteiger partial charge in [0.15, 0.2) is 0 Å². The maximum absolute atomic E-state index is 13.3. The normalized spacial score (nSPS) is 23.5. The van der Waals surface area contributed by atoms with Gasteiger partial charge >= 0.3 is 0 Å². The zero-order valence-corrected chi connectivity index (χ0v) is 11.2. The molecule has 2 nitrogen and oxygen atoms in total. The van der Waals surface area contributed by atoms with Gasteiger partial charge in [-0.2, -0.15) is 0 Å². The van der Waals surface area contributed by atoms with Crippen LogP contribution in [-0.2, 0) is 11.2 Å². The number of carbonyl (C=O) groups excluding carboxylic acids is 1. The van der Waals surface area contributed by atoms with Crippen molar-refractivity contribution >= 4 is 5.91 Å². The van der Waals surface area contributed by atoms with E-state index in [0.29, 0.717) is 17.9 Å². The van der Waals surface area contributed by atoms with E-state index in [1.165, 1.54) is 6.07 Å². The van der Waals surface area contributed by atoms with Crippen molar-refractivity contribution in [3.63, 3.8) is 0 Å². The number of hydrogen-bond donors (Lipinski definition) is 1. The second-order valence-corrected chi connectivity index (χ2v) is 5.62. The van der Waals surface area contributed by atoms with Gasteiger partial charge in [-0.1, -0.05) is 26.0 Å². The fraction of sp³-hybridized carbons (Fsp3) is 0.533. The van der Waals surface area contributed by atoms with Crippen LogP contribution in [0, 0.1) is 18.7 Å². The average molecular weight is 249 g/mol. The summed E-state index contributed by atoms with van der Waals surface area (Å²) in [7, 11) is 0. The number of hydrogen-bond acceptors (Lipinski definition) is 1. The van der Waals surface area contributed by atoms with Crippen molar-refractivity contribution < 1.29 is 9.18 Å². The lowest BCUT2D eigenvalue weighted by Crippen LogP contribution is -2.48. The van der Waals surface area contributed by atoms with Gasteiger partial charge in [0, 0.05) is 12.0 Å². The molecular formula is C15H20FNO. The van der Waals surface area contributed by atoms with E-state index in [9.17, 15) is 9.18 Å². The van der Waals surface area contributed by atoms with Crippen LogP contribution < -0.4 is 5.32 Å². The first-order valence-corrected chi connectivity index (χ1v) is 6.49. The van der Waals surface area contributed by atoms with Crippen LogP contribution >= 0.6 is 0 Å². The zero-order valence-electron chi connectivity index (χ0n) is 11.2. The maximum atomic E-state index is 13.3. The average Bonchev–Trinajstić information content (AvgIpc) is 2.67. The van der Waals surface area contributed by atoms with E-state index in [4.69, 9.17) is 0 Å². The summed E-state index contributed by atoms with van der Waals surface area (Å²) in [5, 5.41) is 3.12. The standard InChI is InChI=1S/C15H20FNO/c1-10(2)15(7-6-14(18)17-15)9-12-4-5-13(16)11(3)8-12/h4-5,8,10H,6-7,9H2,1-3H3,(H,17,18). The van der Waals surface area contributed by atoms with E-state index >= 15 is 0 Å². The van der Waals surface area contributed by atoms with Crippen LogP contribution in [0.4, 0.5) is 4.39 Å². The fourth-order valence-corrected chi connectivity index (χ4v) is 2.69. The Morgan fingerprint density at radius 1 is 1.44 bits per heavy atom. The second-order valence-electron chi connectivity index (χ2n) is 5.62. The number of rotatable bonds is 3. The van der Waals surface area contributed by atoms with Crippen LogP contribution in [0.5, 0.6) is 0 Å². The van der Waals surface area contributed by atoms with Crippen molar-refractivity contribution in [2.24, 2.45) is 5.92 Å². The van der Waals surface area contributed by atoms with E-state index in [0.717, 1.165) is 18.4 Å². The van der Waals surface area contributed by atoms with Crippen molar-refractivity contribution in [1.29, 1.82) is 0 Å². The molecule has 1 aliphatic rings. The minimum absolute atomic E-state index is 0.127. The van der Waals surface area contributed by atoms with Gasteiger partial charge in [-0.05, 0) is 42.9 Å². The molecule has 0 radical (unpaired) electrons. The van der Waals surface area contributed by atoms with Gasteiger partial charge < -0.3 is 5.32 Å². The Bertz CT molecular complexity index is 470. The number of benzene rings is 1. The summed E-state index contributed by atoms with van der Waals surface area (Å²) in [5.41, 5.74) is 1.59. The fourth-order valence-electron chi connectivity index (χ4n) is 2.69. The first-order valence-electron chi connectivity index (χ1n) is 6.49. The predicted octanol–water partition coefficient (Wildman–Crippen LogP) is 2.98. The molecule has 1 aromatic rings.